The second-order valence-corrected chi connectivity index (χ2v) is 6.43. The summed E-state index contributed by atoms with van der Waals surface area (Å²) >= 11 is 1.66. The molecule has 20 heavy (non-hydrogen) atoms. The normalized spacial score (nSPS) is 22.6. The number of aryl methyl sites for hydroxylation is 1. The van der Waals surface area contributed by atoms with Gasteiger partial charge in [-0.2, -0.15) is 0 Å². The van der Waals surface area contributed by atoms with E-state index in [1.807, 2.05) is 15.3 Å². The highest BCUT2D eigenvalue weighted by Gasteiger charge is 2.31. The number of carbonyl (C=O) groups excluding carboxylic acids is 2. The molecule has 0 spiro atoms. The zero-order valence-electron chi connectivity index (χ0n) is 11.7. The van der Waals surface area contributed by atoms with Gasteiger partial charge >= 0.3 is 0 Å². The fourth-order valence-corrected chi connectivity index (χ4v) is 3.91. The predicted molar refractivity (Wildman–Crippen MR) is 76.5 cm³/mol. The third-order valence-electron chi connectivity index (χ3n) is 4.27. The van der Waals surface area contributed by atoms with Crippen LogP contribution in [0.5, 0.6) is 0 Å². The highest BCUT2D eigenvalue weighted by Crippen LogP contribution is 2.29. The minimum atomic E-state index is 0.101. The quantitative estimate of drug-likeness (QED) is 0.774. The van der Waals surface area contributed by atoms with E-state index in [0.717, 1.165) is 19.3 Å². The molecule has 2 heterocycles. The molecule has 1 aliphatic heterocycles. The van der Waals surface area contributed by atoms with Gasteiger partial charge in [0.2, 0.25) is 11.8 Å². The van der Waals surface area contributed by atoms with E-state index in [4.69, 9.17) is 0 Å². The van der Waals surface area contributed by atoms with E-state index in [1.165, 1.54) is 10.6 Å². The lowest BCUT2D eigenvalue weighted by Gasteiger charge is -2.36. The first-order valence-electron chi connectivity index (χ1n) is 7.10. The molecule has 1 unspecified atom stereocenters. The Kier molecular flexibility index (Phi) is 3.74. The standard InChI is InChI=1S/C14H19N3O2S/c1-10(18)16-4-6-17(7-5-16)14(19)11-2-3-12-13(8-11)20-9-15-12/h9,11H,2-8H2,1H3. The molecule has 1 saturated heterocycles. The number of nitrogens with zero attached hydrogens (tertiary/aromatic N) is 3. The van der Waals surface area contributed by atoms with Crippen LogP contribution in [0.1, 0.15) is 23.9 Å². The number of hydrogen-bond donors (Lipinski definition) is 0. The fourth-order valence-electron chi connectivity index (χ4n) is 3.01. The van der Waals surface area contributed by atoms with E-state index < -0.39 is 0 Å². The van der Waals surface area contributed by atoms with Crippen LogP contribution in [0.25, 0.3) is 0 Å². The molecular weight excluding hydrogens is 274 g/mol. The van der Waals surface area contributed by atoms with E-state index >= 15 is 0 Å². The largest absolute Gasteiger partial charge is 0.339 e. The van der Waals surface area contributed by atoms with Crippen molar-refractivity contribution < 1.29 is 9.59 Å². The molecule has 1 aliphatic carbocycles. The molecule has 0 bridgehead atoms. The summed E-state index contributed by atoms with van der Waals surface area (Å²) in [6.45, 7) is 4.26. The number of amides is 2. The van der Waals surface area contributed by atoms with Crippen LogP contribution in [-0.2, 0) is 22.4 Å². The van der Waals surface area contributed by atoms with Crippen molar-refractivity contribution in [3.05, 3.63) is 16.1 Å². The van der Waals surface area contributed by atoms with Crippen molar-refractivity contribution >= 4 is 23.2 Å². The molecule has 6 heteroatoms. The smallest absolute Gasteiger partial charge is 0.226 e. The average molecular weight is 293 g/mol. The van der Waals surface area contributed by atoms with Gasteiger partial charge in [-0.3, -0.25) is 9.59 Å². The number of hydrogen-bond acceptors (Lipinski definition) is 4. The topological polar surface area (TPSA) is 53.5 Å². The Morgan fingerprint density at radius 1 is 1.25 bits per heavy atom. The van der Waals surface area contributed by atoms with Gasteiger partial charge in [0.15, 0.2) is 0 Å². The molecule has 3 rings (SSSR count). The number of piperazine rings is 1. The number of aromatic nitrogens is 1. The maximum absolute atomic E-state index is 12.6. The van der Waals surface area contributed by atoms with Gasteiger partial charge in [-0.05, 0) is 19.3 Å². The van der Waals surface area contributed by atoms with Crippen molar-refractivity contribution in [1.82, 2.24) is 14.8 Å². The maximum Gasteiger partial charge on any atom is 0.226 e. The molecule has 0 radical (unpaired) electrons. The monoisotopic (exact) mass is 293 g/mol. The molecule has 1 atom stereocenters. The third-order valence-corrected chi connectivity index (χ3v) is 5.17. The molecule has 5 nitrogen and oxygen atoms in total. The van der Waals surface area contributed by atoms with Crippen LogP contribution >= 0.6 is 11.3 Å². The molecule has 0 saturated carbocycles. The van der Waals surface area contributed by atoms with Crippen LogP contribution in [0.3, 0.4) is 0 Å². The summed E-state index contributed by atoms with van der Waals surface area (Å²) in [5.41, 5.74) is 3.06. The summed E-state index contributed by atoms with van der Waals surface area (Å²) < 4.78 is 0. The minimum absolute atomic E-state index is 0.101. The Morgan fingerprint density at radius 3 is 2.65 bits per heavy atom. The Morgan fingerprint density at radius 2 is 1.95 bits per heavy atom. The fraction of sp³-hybridized carbons (Fsp3) is 0.643. The average Bonchev–Trinajstić information content (AvgIpc) is 2.94. The van der Waals surface area contributed by atoms with Crippen molar-refractivity contribution in [2.45, 2.75) is 26.2 Å². The molecule has 0 N–H and O–H groups in total. The van der Waals surface area contributed by atoms with Crippen LogP contribution in [0, 0.1) is 5.92 Å². The highest BCUT2D eigenvalue weighted by atomic mass is 32.1. The van der Waals surface area contributed by atoms with E-state index in [0.29, 0.717) is 26.2 Å². The summed E-state index contributed by atoms with van der Waals surface area (Å²) in [4.78, 5) is 33.2. The number of fused-ring (bicyclic) bond motifs is 1. The Bertz CT molecular complexity index is 520. The Labute approximate surface area is 122 Å². The van der Waals surface area contributed by atoms with Crippen LogP contribution in [0.15, 0.2) is 5.51 Å². The number of rotatable bonds is 1. The molecule has 0 aromatic carbocycles. The van der Waals surface area contributed by atoms with Crippen LogP contribution in [0.2, 0.25) is 0 Å². The van der Waals surface area contributed by atoms with Crippen molar-refractivity contribution in [3.8, 4) is 0 Å². The zero-order chi connectivity index (χ0) is 14.1. The van der Waals surface area contributed by atoms with E-state index in [1.54, 1.807) is 18.3 Å². The molecular formula is C14H19N3O2S. The maximum atomic E-state index is 12.6. The zero-order valence-corrected chi connectivity index (χ0v) is 12.5. The lowest BCUT2D eigenvalue weighted by Crippen LogP contribution is -2.51. The van der Waals surface area contributed by atoms with E-state index in [-0.39, 0.29) is 17.7 Å². The minimum Gasteiger partial charge on any atom is -0.339 e. The Hall–Kier alpha value is -1.43. The first kappa shape index (κ1) is 13.5. The summed E-state index contributed by atoms with van der Waals surface area (Å²) in [5, 5.41) is 0. The van der Waals surface area contributed by atoms with Gasteiger partial charge in [-0.1, -0.05) is 0 Å². The van der Waals surface area contributed by atoms with Gasteiger partial charge in [-0.15, -0.1) is 11.3 Å². The Balaban J connectivity index is 1.59. The van der Waals surface area contributed by atoms with Crippen molar-refractivity contribution in [2.75, 3.05) is 26.2 Å². The second-order valence-electron chi connectivity index (χ2n) is 5.49. The van der Waals surface area contributed by atoms with Gasteiger partial charge in [0.25, 0.3) is 0 Å². The molecule has 1 aromatic heterocycles. The first-order chi connectivity index (χ1) is 9.65. The van der Waals surface area contributed by atoms with Crippen LogP contribution < -0.4 is 0 Å². The van der Waals surface area contributed by atoms with Gasteiger partial charge in [0.1, 0.15) is 0 Å². The van der Waals surface area contributed by atoms with Gasteiger partial charge in [0, 0.05) is 43.9 Å². The van der Waals surface area contributed by atoms with Crippen molar-refractivity contribution in [1.29, 1.82) is 0 Å². The second kappa shape index (κ2) is 5.52. The lowest BCUT2D eigenvalue weighted by atomic mass is 9.90. The van der Waals surface area contributed by atoms with Crippen LogP contribution in [0.4, 0.5) is 0 Å². The summed E-state index contributed by atoms with van der Waals surface area (Å²) in [6, 6.07) is 0. The lowest BCUT2D eigenvalue weighted by molar-refractivity contribution is -0.141. The number of carbonyl (C=O) groups is 2. The first-order valence-corrected chi connectivity index (χ1v) is 7.98. The summed E-state index contributed by atoms with van der Waals surface area (Å²) in [6.07, 6.45) is 2.66. The van der Waals surface area contributed by atoms with E-state index in [2.05, 4.69) is 4.98 Å². The molecule has 1 aromatic rings. The summed E-state index contributed by atoms with van der Waals surface area (Å²) in [5.74, 6) is 0.461. The van der Waals surface area contributed by atoms with Gasteiger partial charge in [-0.25, -0.2) is 4.98 Å². The van der Waals surface area contributed by atoms with Gasteiger partial charge in [0.05, 0.1) is 11.2 Å². The van der Waals surface area contributed by atoms with Crippen molar-refractivity contribution in [3.63, 3.8) is 0 Å². The van der Waals surface area contributed by atoms with E-state index in [9.17, 15) is 9.59 Å². The highest BCUT2D eigenvalue weighted by molar-refractivity contribution is 7.09. The molecule has 2 amide bonds. The molecule has 1 fully saturated rings. The molecule has 2 aliphatic rings. The molecule has 108 valence electrons. The van der Waals surface area contributed by atoms with Gasteiger partial charge < -0.3 is 9.80 Å². The third kappa shape index (κ3) is 2.57. The van der Waals surface area contributed by atoms with Crippen molar-refractivity contribution in [2.24, 2.45) is 5.92 Å². The predicted octanol–water partition coefficient (Wildman–Crippen LogP) is 0.939. The number of thiazole rings is 1. The van der Waals surface area contributed by atoms with Crippen LogP contribution in [-0.4, -0.2) is 52.8 Å². The summed E-state index contributed by atoms with van der Waals surface area (Å²) in [7, 11) is 0. The SMILES string of the molecule is CC(=O)N1CCN(C(=O)C2CCc3ncsc3C2)CC1.